The summed E-state index contributed by atoms with van der Waals surface area (Å²) in [5.41, 5.74) is 0.872. The van der Waals surface area contributed by atoms with Gasteiger partial charge >= 0.3 is 5.97 Å². The van der Waals surface area contributed by atoms with Crippen molar-refractivity contribution in [2.75, 3.05) is 6.79 Å². The lowest BCUT2D eigenvalue weighted by atomic mass is 9.99. The van der Waals surface area contributed by atoms with Gasteiger partial charge in [-0.25, -0.2) is 4.79 Å². The molecule has 3 saturated heterocycles. The van der Waals surface area contributed by atoms with Crippen LogP contribution in [0.2, 0.25) is 0 Å². The van der Waals surface area contributed by atoms with Gasteiger partial charge in [0.15, 0.2) is 0 Å². The van der Waals surface area contributed by atoms with Crippen molar-refractivity contribution in [1.82, 2.24) is 0 Å². The summed E-state index contributed by atoms with van der Waals surface area (Å²) in [6, 6.07) is 0. The van der Waals surface area contributed by atoms with Crippen molar-refractivity contribution in [2.45, 2.75) is 217 Å². The molecule has 7 heteroatoms. The predicted molar refractivity (Wildman–Crippen MR) is 178 cm³/mol. The third kappa shape index (κ3) is 13.2. The standard InChI is InChI=1S/C38H66O7/c1-3-4-5-15-19-31-20-17-22-34(42-28-41-31)35-25-26-37(45-35)36-24-23-33(44-36)32(39)21-16-13-11-9-7-6-8-10-12-14-18-30-27-29(2)43-38(30)40/h27,29,31-37,39H,3-26,28H2,1-2H3/t29-,31+,32-,33-,34+,35-,36-,37-/m0/s1. The number of esters is 1. The molecular weight excluding hydrogens is 568 g/mol. The highest BCUT2D eigenvalue weighted by atomic mass is 16.7. The van der Waals surface area contributed by atoms with E-state index in [0.717, 1.165) is 82.6 Å². The number of unbranched alkanes of at least 4 members (excludes halogenated alkanes) is 12. The number of hydrogen-bond donors (Lipinski definition) is 1. The SMILES string of the molecule is CCCCCC[C@@H]1CCC[C@H]([C@@H]2CC[C@@H]([C@@H]3CC[C@@H]([C@@H](O)CCCCCCCCCCCCC4=C[C@H](C)OC4=O)O3)O2)OCO1. The second-order valence-electron chi connectivity index (χ2n) is 14.4. The molecule has 4 aliphatic rings. The highest BCUT2D eigenvalue weighted by Gasteiger charge is 2.41. The molecule has 4 rings (SSSR count). The van der Waals surface area contributed by atoms with Crippen molar-refractivity contribution in [2.24, 2.45) is 0 Å². The van der Waals surface area contributed by atoms with E-state index in [9.17, 15) is 9.90 Å². The minimum absolute atomic E-state index is 0.0445. The van der Waals surface area contributed by atoms with Crippen LogP contribution < -0.4 is 0 Å². The molecule has 8 atom stereocenters. The number of aliphatic hydroxyl groups is 1. The van der Waals surface area contributed by atoms with Crippen LogP contribution in [0.25, 0.3) is 0 Å². The van der Waals surface area contributed by atoms with Crippen LogP contribution in [0.5, 0.6) is 0 Å². The van der Waals surface area contributed by atoms with Crippen LogP contribution in [0.1, 0.15) is 168 Å². The van der Waals surface area contributed by atoms with Crippen LogP contribution in [-0.2, 0) is 28.5 Å². The first-order valence-corrected chi connectivity index (χ1v) is 19.2. The summed E-state index contributed by atoms with van der Waals surface area (Å²) in [5.74, 6) is -0.115. The van der Waals surface area contributed by atoms with Gasteiger partial charge in [0.25, 0.3) is 0 Å². The van der Waals surface area contributed by atoms with Gasteiger partial charge in [0, 0.05) is 5.57 Å². The van der Waals surface area contributed by atoms with E-state index in [2.05, 4.69) is 6.92 Å². The monoisotopic (exact) mass is 634 g/mol. The lowest BCUT2D eigenvalue weighted by Gasteiger charge is -2.30. The van der Waals surface area contributed by atoms with E-state index < -0.39 is 0 Å². The Hall–Kier alpha value is -0.990. The number of hydrogen-bond acceptors (Lipinski definition) is 7. The van der Waals surface area contributed by atoms with Crippen LogP contribution in [0, 0.1) is 0 Å². The first-order chi connectivity index (χ1) is 22.0. The largest absolute Gasteiger partial charge is 0.455 e. The molecule has 4 heterocycles. The number of rotatable bonds is 21. The highest BCUT2D eigenvalue weighted by Crippen LogP contribution is 2.36. The fourth-order valence-corrected chi connectivity index (χ4v) is 7.82. The molecule has 260 valence electrons. The molecule has 0 saturated carbocycles. The van der Waals surface area contributed by atoms with Gasteiger partial charge in [-0.2, -0.15) is 0 Å². The molecule has 45 heavy (non-hydrogen) atoms. The van der Waals surface area contributed by atoms with Crippen LogP contribution in [-0.4, -0.2) is 66.7 Å². The molecule has 0 bridgehead atoms. The molecule has 0 radical (unpaired) electrons. The molecule has 0 unspecified atom stereocenters. The van der Waals surface area contributed by atoms with Gasteiger partial charge in [-0.15, -0.1) is 0 Å². The normalized spacial score (nSPS) is 31.5. The molecule has 0 aromatic carbocycles. The van der Waals surface area contributed by atoms with E-state index in [0.29, 0.717) is 12.9 Å². The Morgan fingerprint density at radius 2 is 1.38 bits per heavy atom. The van der Waals surface area contributed by atoms with Gasteiger partial charge in [0.1, 0.15) is 12.9 Å². The van der Waals surface area contributed by atoms with Crippen molar-refractivity contribution in [3.63, 3.8) is 0 Å². The van der Waals surface area contributed by atoms with Crippen molar-refractivity contribution >= 4 is 5.97 Å². The van der Waals surface area contributed by atoms with Crippen molar-refractivity contribution in [3.05, 3.63) is 11.6 Å². The number of aliphatic hydroxyl groups excluding tert-OH is 1. The Bertz CT molecular complexity index is 836. The van der Waals surface area contributed by atoms with E-state index in [1.807, 2.05) is 13.0 Å². The Kier molecular flexibility index (Phi) is 17.3. The molecule has 0 aromatic heterocycles. The van der Waals surface area contributed by atoms with Gasteiger partial charge in [-0.05, 0) is 83.6 Å². The molecular formula is C38H66O7. The van der Waals surface area contributed by atoms with E-state index in [1.54, 1.807) is 0 Å². The third-order valence-electron chi connectivity index (χ3n) is 10.6. The fraction of sp³-hybridized carbons (Fsp3) is 0.921. The Labute approximate surface area is 274 Å². The number of carbonyl (C=O) groups is 1. The Balaban J connectivity index is 0.970. The Morgan fingerprint density at radius 3 is 2.09 bits per heavy atom. The minimum atomic E-state index is -0.363. The van der Waals surface area contributed by atoms with Gasteiger partial charge in [0.2, 0.25) is 0 Å². The van der Waals surface area contributed by atoms with Crippen LogP contribution >= 0.6 is 0 Å². The summed E-state index contributed by atoms with van der Waals surface area (Å²) >= 11 is 0. The lowest BCUT2D eigenvalue weighted by molar-refractivity contribution is -0.175. The zero-order valence-electron chi connectivity index (χ0n) is 28.8. The number of carbonyl (C=O) groups excluding carboxylic acids is 1. The molecule has 0 aromatic rings. The summed E-state index contributed by atoms with van der Waals surface area (Å²) in [6.45, 7) is 4.57. The molecule has 0 amide bonds. The molecule has 0 spiro atoms. The van der Waals surface area contributed by atoms with Crippen LogP contribution in [0.15, 0.2) is 11.6 Å². The van der Waals surface area contributed by atoms with E-state index in [-0.39, 0.29) is 48.7 Å². The third-order valence-corrected chi connectivity index (χ3v) is 10.6. The molecule has 7 nitrogen and oxygen atoms in total. The van der Waals surface area contributed by atoms with Gasteiger partial charge < -0.3 is 28.8 Å². The maximum atomic E-state index is 11.6. The molecule has 4 aliphatic heterocycles. The van der Waals surface area contributed by atoms with Gasteiger partial charge in [-0.1, -0.05) is 90.4 Å². The highest BCUT2D eigenvalue weighted by molar-refractivity contribution is 5.90. The zero-order valence-corrected chi connectivity index (χ0v) is 28.8. The summed E-state index contributed by atoms with van der Waals surface area (Å²) < 4.78 is 30.3. The van der Waals surface area contributed by atoms with Crippen molar-refractivity contribution < 1.29 is 33.6 Å². The van der Waals surface area contributed by atoms with Gasteiger partial charge in [-0.3, -0.25) is 0 Å². The number of ether oxygens (including phenoxy) is 5. The second kappa shape index (κ2) is 21.1. The number of cyclic esters (lactones) is 1. The average molecular weight is 635 g/mol. The van der Waals surface area contributed by atoms with E-state index in [4.69, 9.17) is 23.7 Å². The minimum Gasteiger partial charge on any atom is -0.455 e. The first-order valence-electron chi connectivity index (χ1n) is 19.2. The smallest absolute Gasteiger partial charge is 0.334 e. The lowest BCUT2D eigenvalue weighted by Crippen LogP contribution is -2.35. The van der Waals surface area contributed by atoms with E-state index >= 15 is 0 Å². The van der Waals surface area contributed by atoms with Crippen molar-refractivity contribution in [1.29, 1.82) is 0 Å². The first kappa shape index (κ1) is 36.8. The average Bonchev–Trinajstić information content (AvgIpc) is 3.77. The quantitative estimate of drug-likeness (QED) is 0.0997. The predicted octanol–water partition coefficient (Wildman–Crippen LogP) is 8.88. The van der Waals surface area contributed by atoms with Crippen LogP contribution in [0.3, 0.4) is 0 Å². The Morgan fingerprint density at radius 1 is 0.733 bits per heavy atom. The summed E-state index contributed by atoms with van der Waals surface area (Å²) in [7, 11) is 0. The topological polar surface area (TPSA) is 83.5 Å². The molecule has 3 fully saturated rings. The summed E-state index contributed by atoms with van der Waals surface area (Å²) in [4.78, 5) is 11.6. The maximum Gasteiger partial charge on any atom is 0.334 e. The molecule has 1 N–H and O–H groups in total. The summed E-state index contributed by atoms with van der Waals surface area (Å²) in [5, 5.41) is 10.8. The van der Waals surface area contributed by atoms with Gasteiger partial charge in [0.05, 0.1) is 42.7 Å². The fourth-order valence-electron chi connectivity index (χ4n) is 7.82. The van der Waals surface area contributed by atoms with E-state index in [1.165, 1.54) is 77.0 Å². The molecule has 0 aliphatic carbocycles. The van der Waals surface area contributed by atoms with Crippen molar-refractivity contribution in [3.8, 4) is 0 Å². The van der Waals surface area contributed by atoms with Crippen LogP contribution in [0.4, 0.5) is 0 Å². The zero-order chi connectivity index (χ0) is 31.7. The second-order valence-corrected chi connectivity index (χ2v) is 14.4. The summed E-state index contributed by atoms with van der Waals surface area (Å²) in [6.07, 6.45) is 29.9. The maximum absolute atomic E-state index is 11.6.